The van der Waals surface area contributed by atoms with Gasteiger partial charge in [0.2, 0.25) is 10.0 Å². The molecule has 0 aromatic heterocycles. The van der Waals surface area contributed by atoms with Gasteiger partial charge in [-0.05, 0) is 56.3 Å². The van der Waals surface area contributed by atoms with Crippen LogP contribution in [0.1, 0.15) is 34.6 Å². The first-order valence-corrected chi connectivity index (χ1v) is 10.5. The van der Waals surface area contributed by atoms with Crippen LogP contribution >= 0.6 is 11.6 Å². The van der Waals surface area contributed by atoms with E-state index in [1.807, 2.05) is 0 Å². The number of nitrogens with one attached hydrogen (secondary N) is 1. The molecule has 0 aliphatic rings. The molecular weight excluding hydrogens is 404 g/mol. The number of benzene rings is 2. The van der Waals surface area contributed by atoms with Gasteiger partial charge in [0.25, 0.3) is 5.91 Å². The van der Waals surface area contributed by atoms with Crippen molar-refractivity contribution in [2.24, 2.45) is 0 Å². The summed E-state index contributed by atoms with van der Waals surface area (Å²) >= 11 is 5.97. The Labute approximate surface area is 169 Å². The number of esters is 1. The molecular formula is C19H21ClN2O5S. The zero-order valence-electron chi connectivity index (χ0n) is 15.7. The number of carbonyl (C=O) groups excluding carboxylic acids is 2. The molecule has 150 valence electrons. The van der Waals surface area contributed by atoms with Gasteiger partial charge in [-0.15, -0.1) is 0 Å². The second kappa shape index (κ2) is 9.07. The van der Waals surface area contributed by atoms with Crippen molar-refractivity contribution in [3.63, 3.8) is 0 Å². The monoisotopic (exact) mass is 424 g/mol. The highest BCUT2D eigenvalue weighted by atomic mass is 35.5. The van der Waals surface area contributed by atoms with Crippen LogP contribution in [0.5, 0.6) is 0 Å². The molecule has 28 heavy (non-hydrogen) atoms. The molecule has 0 radical (unpaired) electrons. The number of anilines is 2. The topological polar surface area (TPSA) is 92.8 Å². The molecule has 0 aliphatic carbocycles. The number of hydrogen-bond donors (Lipinski definition) is 1. The van der Waals surface area contributed by atoms with Crippen LogP contribution in [0.3, 0.4) is 0 Å². The van der Waals surface area contributed by atoms with E-state index in [4.69, 9.17) is 11.6 Å². The highest BCUT2D eigenvalue weighted by Crippen LogP contribution is 2.23. The van der Waals surface area contributed by atoms with E-state index in [0.29, 0.717) is 23.5 Å². The first-order valence-electron chi connectivity index (χ1n) is 8.53. The van der Waals surface area contributed by atoms with E-state index in [0.717, 1.165) is 0 Å². The smallest absolute Gasteiger partial charge is 0.339 e. The normalized spacial score (nSPS) is 11.0. The van der Waals surface area contributed by atoms with Gasteiger partial charge in [-0.2, -0.15) is 0 Å². The van der Waals surface area contributed by atoms with Crippen LogP contribution < -0.4 is 9.62 Å². The van der Waals surface area contributed by atoms with Crippen LogP contribution in [0.2, 0.25) is 5.02 Å². The number of halogens is 1. The number of ether oxygens (including phenoxy) is 1. The molecule has 2 aromatic carbocycles. The van der Waals surface area contributed by atoms with Crippen LogP contribution in [-0.4, -0.2) is 39.7 Å². The molecule has 1 N–H and O–H groups in total. The van der Waals surface area contributed by atoms with Crippen molar-refractivity contribution in [1.82, 2.24) is 0 Å². The van der Waals surface area contributed by atoms with Gasteiger partial charge in [-0.3, -0.25) is 9.10 Å². The number of hydrogen-bond acceptors (Lipinski definition) is 5. The molecule has 1 amide bonds. The van der Waals surface area contributed by atoms with Gasteiger partial charge >= 0.3 is 5.97 Å². The highest BCUT2D eigenvalue weighted by molar-refractivity contribution is 7.92. The maximum Gasteiger partial charge on any atom is 0.339 e. The molecule has 0 bridgehead atoms. The average molecular weight is 425 g/mol. The third kappa shape index (κ3) is 4.82. The summed E-state index contributed by atoms with van der Waals surface area (Å²) in [4.78, 5) is 24.2. The van der Waals surface area contributed by atoms with Crippen molar-refractivity contribution < 1.29 is 22.7 Å². The van der Waals surface area contributed by atoms with Gasteiger partial charge in [0, 0.05) is 17.8 Å². The van der Waals surface area contributed by atoms with E-state index in [1.165, 1.54) is 35.7 Å². The lowest BCUT2D eigenvalue weighted by atomic mass is 10.1. The fourth-order valence-corrected chi connectivity index (χ4v) is 3.89. The van der Waals surface area contributed by atoms with E-state index in [9.17, 15) is 18.0 Å². The van der Waals surface area contributed by atoms with Crippen LogP contribution in [0, 0.1) is 0 Å². The van der Waals surface area contributed by atoms with Gasteiger partial charge in [0.05, 0.1) is 29.1 Å². The molecule has 2 aromatic rings. The molecule has 0 unspecified atom stereocenters. The Bertz CT molecular complexity index is 974. The van der Waals surface area contributed by atoms with Gasteiger partial charge in [-0.25, -0.2) is 13.2 Å². The Balaban J connectivity index is 2.21. The number of nitrogens with zero attached hydrogens (tertiary/aromatic N) is 1. The lowest BCUT2D eigenvalue weighted by molar-refractivity contribution is 0.0600. The predicted octanol–water partition coefficient (Wildman–Crippen LogP) is 3.55. The number of methoxy groups -OCH3 is 1. The van der Waals surface area contributed by atoms with Crippen LogP contribution in [0.15, 0.2) is 42.5 Å². The lowest BCUT2D eigenvalue weighted by Crippen LogP contribution is -2.32. The van der Waals surface area contributed by atoms with Crippen molar-refractivity contribution in [1.29, 1.82) is 0 Å². The maximum absolute atomic E-state index is 12.5. The third-order valence-electron chi connectivity index (χ3n) is 4.03. The SMILES string of the molecule is CCN(c1ccc(C(=O)Nc2ccc(Cl)c(C(=O)OC)c2)cc1)S(=O)(=O)CC. The molecule has 2 rings (SSSR count). The summed E-state index contributed by atoms with van der Waals surface area (Å²) < 4.78 is 30.2. The van der Waals surface area contributed by atoms with Gasteiger partial charge in [-0.1, -0.05) is 11.6 Å². The average Bonchev–Trinajstić information content (AvgIpc) is 2.69. The Morgan fingerprint density at radius 1 is 1.11 bits per heavy atom. The molecule has 0 heterocycles. The highest BCUT2D eigenvalue weighted by Gasteiger charge is 2.19. The summed E-state index contributed by atoms with van der Waals surface area (Å²) in [6.07, 6.45) is 0. The molecule has 7 nitrogen and oxygen atoms in total. The van der Waals surface area contributed by atoms with Crippen molar-refractivity contribution in [3.05, 3.63) is 58.6 Å². The molecule has 0 spiro atoms. The van der Waals surface area contributed by atoms with E-state index in [2.05, 4.69) is 10.1 Å². The number of amides is 1. The quantitative estimate of drug-likeness (QED) is 0.686. The summed E-state index contributed by atoms with van der Waals surface area (Å²) in [7, 11) is -2.15. The summed E-state index contributed by atoms with van der Waals surface area (Å²) in [6.45, 7) is 3.62. The van der Waals surface area contributed by atoms with Gasteiger partial charge in [0.15, 0.2) is 0 Å². The number of rotatable bonds is 7. The van der Waals surface area contributed by atoms with Crippen molar-refractivity contribution in [2.45, 2.75) is 13.8 Å². The van der Waals surface area contributed by atoms with Crippen LogP contribution in [-0.2, 0) is 14.8 Å². The second-order valence-corrected chi connectivity index (χ2v) is 8.34. The zero-order chi connectivity index (χ0) is 20.9. The fourth-order valence-electron chi connectivity index (χ4n) is 2.55. The fraction of sp³-hybridized carbons (Fsp3) is 0.263. The number of sulfonamides is 1. The van der Waals surface area contributed by atoms with Gasteiger partial charge < -0.3 is 10.1 Å². The minimum Gasteiger partial charge on any atom is -0.465 e. The largest absolute Gasteiger partial charge is 0.465 e. The summed E-state index contributed by atoms with van der Waals surface area (Å²) in [5, 5.41) is 2.89. The maximum atomic E-state index is 12.5. The van der Waals surface area contributed by atoms with E-state index >= 15 is 0 Å². The Morgan fingerprint density at radius 2 is 1.75 bits per heavy atom. The van der Waals surface area contributed by atoms with Crippen LogP contribution in [0.25, 0.3) is 0 Å². The van der Waals surface area contributed by atoms with Gasteiger partial charge in [0.1, 0.15) is 0 Å². The summed E-state index contributed by atoms with van der Waals surface area (Å²) in [5.41, 5.74) is 1.34. The molecule has 0 saturated carbocycles. The Kier molecular flexibility index (Phi) is 7.04. The number of carbonyl (C=O) groups is 2. The summed E-state index contributed by atoms with van der Waals surface area (Å²) in [5.74, 6) is -1.03. The van der Waals surface area contributed by atoms with E-state index < -0.39 is 21.9 Å². The first-order chi connectivity index (χ1) is 13.2. The predicted molar refractivity (Wildman–Crippen MR) is 110 cm³/mol. The Morgan fingerprint density at radius 3 is 2.29 bits per heavy atom. The van der Waals surface area contributed by atoms with Crippen molar-refractivity contribution in [3.8, 4) is 0 Å². The summed E-state index contributed by atoms with van der Waals surface area (Å²) in [6, 6.07) is 10.7. The van der Waals surface area contributed by atoms with Crippen molar-refractivity contribution >= 4 is 44.9 Å². The third-order valence-corrected chi connectivity index (χ3v) is 6.23. The minimum absolute atomic E-state index is 0.0117. The molecule has 0 aliphatic heterocycles. The minimum atomic E-state index is -3.39. The lowest BCUT2D eigenvalue weighted by Gasteiger charge is -2.22. The Hall–Kier alpha value is -2.58. The molecule has 9 heteroatoms. The van der Waals surface area contributed by atoms with Crippen LogP contribution in [0.4, 0.5) is 11.4 Å². The van der Waals surface area contributed by atoms with Crippen molar-refractivity contribution in [2.75, 3.05) is 29.0 Å². The molecule has 0 saturated heterocycles. The van der Waals surface area contributed by atoms with E-state index in [1.54, 1.807) is 32.0 Å². The zero-order valence-corrected chi connectivity index (χ0v) is 17.3. The standard InChI is InChI=1S/C19H21ClN2O5S/c1-4-22(28(25,26)5-2)15-9-6-13(7-10-15)18(23)21-14-8-11-17(20)16(12-14)19(24)27-3/h6-12H,4-5H2,1-3H3,(H,21,23). The molecule has 0 fully saturated rings. The second-order valence-electron chi connectivity index (χ2n) is 5.75. The first kappa shape index (κ1) is 21.7. The van der Waals surface area contributed by atoms with E-state index in [-0.39, 0.29) is 16.3 Å². The molecule has 0 atom stereocenters.